The molecular weight excluding hydrogens is 495 g/mol. The second-order valence-corrected chi connectivity index (χ2v) is 8.94. The maximum absolute atomic E-state index is 14.1. The fourth-order valence-electron chi connectivity index (χ4n) is 4.47. The van der Waals surface area contributed by atoms with E-state index in [0.29, 0.717) is 5.56 Å². The summed E-state index contributed by atoms with van der Waals surface area (Å²) in [5, 5.41) is 12.1. The fraction of sp³-hybridized carbons (Fsp3) is 0.200. The second kappa shape index (κ2) is 8.66. The zero-order valence-corrected chi connectivity index (χ0v) is 19.5. The van der Waals surface area contributed by atoms with E-state index in [0.717, 1.165) is 12.1 Å². The van der Waals surface area contributed by atoms with Crippen LogP contribution >= 0.6 is 12.6 Å². The Kier molecular flexibility index (Phi) is 5.74. The minimum atomic E-state index is -4.72. The van der Waals surface area contributed by atoms with Gasteiger partial charge in [-0.05, 0) is 17.7 Å². The molecule has 5 rings (SSSR count). The molecule has 0 saturated heterocycles. The highest BCUT2D eigenvalue weighted by atomic mass is 32.1. The molecule has 0 unspecified atom stereocenters. The van der Waals surface area contributed by atoms with Gasteiger partial charge in [-0.2, -0.15) is 13.2 Å². The number of para-hydroxylation sites is 1. The first-order chi connectivity index (χ1) is 17.1. The van der Waals surface area contributed by atoms with E-state index in [9.17, 15) is 27.9 Å². The van der Waals surface area contributed by atoms with E-state index < -0.39 is 39.4 Å². The van der Waals surface area contributed by atoms with Crippen LogP contribution in [0.2, 0.25) is 0 Å². The lowest BCUT2D eigenvalue weighted by atomic mass is 9.93. The van der Waals surface area contributed by atoms with Crippen LogP contribution in [0.3, 0.4) is 0 Å². The van der Waals surface area contributed by atoms with E-state index in [1.807, 2.05) is 0 Å². The Bertz CT molecular complexity index is 1420. The molecule has 3 aromatic rings. The lowest BCUT2D eigenvalue weighted by Crippen LogP contribution is -2.61. The number of hydrogen-bond donors (Lipinski definition) is 2. The molecule has 36 heavy (non-hydrogen) atoms. The van der Waals surface area contributed by atoms with Gasteiger partial charge in [-0.1, -0.05) is 48.5 Å². The summed E-state index contributed by atoms with van der Waals surface area (Å²) in [6, 6.07) is 13.3. The third-order valence-electron chi connectivity index (χ3n) is 6.17. The molecule has 1 N–H and O–H groups in total. The third kappa shape index (κ3) is 3.70. The number of ether oxygens (including phenoxy) is 1. The van der Waals surface area contributed by atoms with Crippen LogP contribution in [0.25, 0.3) is 0 Å². The van der Waals surface area contributed by atoms with Gasteiger partial charge >= 0.3 is 6.18 Å². The topological polar surface area (TPSA) is 75.0 Å². The second-order valence-electron chi connectivity index (χ2n) is 8.29. The van der Waals surface area contributed by atoms with Gasteiger partial charge in [-0.3, -0.25) is 19.3 Å². The van der Waals surface area contributed by atoms with E-state index in [1.54, 1.807) is 36.4 Å². The zero-order valence-electron chi connectivity index (χ0n) is 18.6. The molecule has 186 valence electrons. The van der Waals surface area contributed by atoms with Gasteiger partial charge in [0.25, 0.3) is 5.91 Å². The van der Waals surface area contributed by atoms with Crippen molar-refractivity contribution in [2.45, 2.75) is 11.0 Å². The monoisotopic (exact) mass is 515 g/mol. The number of carbonyl (C=O) groups excluding carboxylic acids is 1. The molecule has 0 radical (unpaired) electrons. The summed E-state index contributed by atoms with van der Waals surface area (Å²) in [5.74, 6) is -1.79. The quantitative estimate of drug-likeness (QED) is 0.382. The number of nitrogens with zero attached hydrogens (tertiary/aromatic N) is 3. The van der Waals surface area contributed by atoms with Gasteiger partial charge in [0, 0.05) is 24.4 Å². The Hall–Kier alpha value is -3.86. The van der Waals surface area contributed by atoms with Gasteiger partial charge in [0.1, 0.15) is 19.0 Å². The zero-order chi connectivity index (χ0) is 25.7. The molecule has 3 heterocycles. The van der Waals surface area contributed by atoms with E-state index >= 15 is 0 Å². The fourth-order valence-corrected chi connectivity index (χ4v) is 4.95. The molecule has 1 amide bonds. The van der Waals surface area contributed by atoms with E-state index in [4.69, 9.17) is 17.4 Å². The van der Waals surface area contributed by atoms with E-state index in [1.165, 1.54) is 39.0 Å². The number of hydrogen-bond acceptors (Lipinski definition) is 6. The number of rotatable bonds is 1. The van der Waals surface area contributed by atoms with Crippen molar-refractivity contribution in [1.29, 1.82) is 0 Å². The average molecular weight is 516 g/mol. The molecule has 2 aliphatic rings. The molecule has 2 aliphatic heterocycles. The Balaban J connectivity index is 1.89. The summed E-state index contributed by atoms with van der Waals surface area (Å²) in [6.45, 7) is -0.244. The van der Waals surface area contributed by atoms with Crippen molar-refractivity contribution >= 4 is 18.5 Å². The minimum absolute atomic E-state index is 0.0579. The van der Waals surface area contributed by atoms with Crippen LogP contribution in [0.5, 0.6) is 11.5 Å². The van der Waals surface area contributed by atoms with Crippen LogP contribution in [0.4, 0.5) is 13.2 Å². The highest BCUT2D eigenvalue weighted by Gasteiger charge is 2.47. The molecule has 11 heteroatoms. The van der Waals surface area contributed by atoms with Crippen LogP contribution in [-0.2, 0) is 11.0 Å². The molecule has 0 spiro atoms. The van der Waals surface area contributed by atoms with Crippen LogP contribution in [0.15, 0.2) is 77.7 Å². The molecule has 0 saturated carbocycles. The van der Waals surface area contributed by atoms with Crippen LogP contribution in [-0.4, -0.2) is 40.4 Å². The first kappa shape index (κ1) is 23.9. The largest absolute Gasteiger partial charge is 0.502 e. The molecule has 1 aromatic heterocycles. The van der Waals surface area contributed by atoms with Crippen molar-refractivity contribution in [3.05, 3.63) is 106 Å². The smallest absolute Gasteiger partial charge is 0.419 e. The normalized spacial score (nSPS) is 20.6. The van der Waals surface area contributed by atoms with Crippen LogP contribution in [0, 0.1) is 0 Å². The number of aromatic hydroxyl groups is 1. The summed E-state index contributed by atoms with van der Waals surface area (Å²) < 4.78 is 49.3. The number of fused-ring (bicyclic) bond motifs is 5. The van der Waals surface area contributed by atoms with Gasteiger partial charge < -0.3 is 14.7 Å². The number of benzene rings is 2. The Morgan fingerprint density at radius 1 is 1.00 bits per heavy atom. The number of amides is 1. The van der Waals surface area contributed by atoms with Crippen molar-refractivity contribution in [3.63, 3.8) is 0 Å². The number of aromatic nitrogens is 1. The number of halogens is 3. The van der Waals surface area contributed by atoms with Crippen molar-refractivity contribution in [1.82, 2.24) is 9.58 Å². The van der Waals surface area contributed by atoms with Crippen molar-refractivity contribution < 1.29 is 27.8 Å². The van der Waals surface area contributed by atoms with Crippen molar-refractivity contribution in [2.75, 3.05) is 24.8 Å². The highest BCUT2D eigenvalue weighted by Crippen LogP contribution is 2.48. The predicted octanol–water partition coefficient (Wildman–Crippen LogP) is 3.70. The maximum atomic E-state index is 14.1. The first-order valence-corrected chi connectivity index (χ1v) is 11.4. The molecule has 0 aliphatic carbocycles. The molecule has 2 aromatic carbocycles. The maximum Gasteiger partial charge on any atom is 0.419 e. The van der Waals surface area contributed by atoms with Crippen molar-refractivity contribution in [3.8, 4) is 11.5 Å². The Morgan fingerprint density at radius 3 is 2.47 bits per heavy atom. The highest BCUT2D eigenvalue weighted by molar-refractivity contribution is 7.81. The van der Waals surface area contributed by atoms with Gasteiger partial charge in [0.15, 0.2) is 16.3 Å². The SMILES string of the molecule is O=C1c2c(O)c(=O)ccn2N2CN1C/C=C\COc1c(C(F)(F)F)cccc1[C@@]2(S)c1ccccc1. The van der Waals surface area contributed by atoms with Gasteiger partial charge in [-0.25, -0.2) is 0 Å². The van der Waals surface area contributed by atoms with Crippen molar-refractivity contribution in [2.24, 2.45) is 0 Å². The average Bonchev–Trinajstić information content (AvgIpc) is 2.88. The number of pyridine rings is 1. The summed E-state index contributed by atoms with van der Waals surface area (Å²) in [7, 11) is 0. The van der Waals surface area contributed by atoms with E-state index in [2.05, 4.69) is 0 Å². The number of alkyl halides is 3. The standard InChI is InChI=1S/C25H20F3N3O4S/c26-25(27,28)18-10-6-9-17-22(18)35-14-5-4-12-29-15-31(24(17,36)16-7-2-1-3-8-16)30-13-11-19(32)21(33)20(30)23(29)34/h1-11,13,33,36H,12,14-15H2/b5-4-/t24-/m0/s1. The summed E-state index contributed by atoms with van der Waals surface area (Å²) in [5.41, 5.74) is -1.51. The third-order valence-corrected chi connectivity index (χ3v) is 6.90. The number of thiol groups is 1. The lowest BCUT2D eigenvalue weighted by Gasteiger charge is -2.49. The number of carbonyl (C=O) groups is 1. The van der Waals surface area contributed by atoms with Gasteiger partial charge in [-0.15, -0.1) is 12.6 Å². The molecule has 1 atom stereocenters. The molecule has 7 nitrogen and oxygen atoms in total. The van der Waals surface area contributed by atoms with Crippen LogP contribution < -0.4 is 15.2 Å². The van der Waals surface area contributed by atoms with Gasteiger partial charge in [0.2, 0.25) is 5.43 Å². The predicted molar refractivity (Wildman–Crippen MR) is 129 cm³/mol. The molecule has 0 fully saturated rings. The first-order valence-electron chi connectivity index (χ1n) is 10.9. The summed E-state index contributed by atoms with van der Waals surface area (Å²) >= 11 is 5.00. The lowest BCUT2D eigenvalue weighted by molar-refractivity contribution is -0.139. The molecule has 2 bridgehead atoms. The van der Waals surface area contributed by atoms with Crippen LogP contribution in [0.1, 0.15) is 27.2 Å². The summed E-state index contributed by atoms with van der Waals surface area (Å²) in [6.07, 6.45) is -0.335. The van der Waals surface area contributed by atoms with E-state index in [-0.39, 0.29) is 31.1 Å². The Labute approximate surface area is 209 Å². The minimum Gasteiger partial charge on any atom is -0.502 e. The Morgan fingerprint density at radius 2 is 1.75 bits per heavy atom. The molecular formula is C25H20F3N3O4S. The summed E-state index contributed by atoms with van der Waals surface area (Å²) in [4.78, 5) is 25.2. The van der Waals surface area contributed by atoms with Gasteiger partial charge in [0.05, 0.1) is 5.56 Å².